The van der Waals surface area contributed by atoms with E-state index in [2.05, 4.69) is 10.3 Å². The fourth-order valence-electron chi connectivity index (χ4n) is 2.00. The van der Waals surface area contributed by atoms with Gasteiger partial charge in [0, 0.05) is 6.54 Å². The Bertz CT molecular complexity index is 708. The Labute approximate surface area is 140 Å². The van der Waals surface area contributed by atoms with E-state index in [1.807, 2.05) is 0 Å². The van der Waals surface area contributed by atoms with Crippen LogP contribution < -0.4 is 5.32 Å². The zero-order valence-corrected chi connectivity index (χ0v) is 13.4. The lowest BCUT2D eigenvalue weighted by atomic mass is 10.2. The molecule has 0 atom stereocenters. The first-order valence-electron chi connectivity index (χ1n) is 6.64. The molecule has 23 heavy (non-hydrogen) atoms. The molecule has 0 aliphatic rings. The molecule has 0 saturated carbocycles. The minimum absolute atomic E-state index is 0.0147. The van der Waals surface area contributed by atoms with Crippen LogP contribution in [0.2, 0.25) is 10.0 Å². The molecule has 0 unspecified atom stereocenters. The Balaban J connectivity index is 2.63. The zero-order chi connectivity index (χ0) is 17.2. The molecule has 0 bridgehead atoms. The highest BCUT2D eigenvalue weighted by molar-refractivity contribution is 6.37. The van der Waals surface area contributed by atoms with E-state index in [-0.39, 0.29) is 22.3 Å². The monoisotopic (exact) mass is 365 g/mol. The number of para-hydroxylation sites is 1. The molecule has 0 fully saturated rings. The number of imidazole rings is 1. The Hall–Kier alpha value is -1.73. The quantitative estimate of drug-likeness (QED) is 0.875. The number of nitrogens with one attached hydrogen (secondary N) is 1. The number of amides is 1. The molecular weight excluding hydrogens is 354 g/mol. The Morgan fingerprint density at radius 1 is 1.30 bits per heavy atom. The predicted octanol–water partition coefficient (Wildman–Crippen LogP) is 4.34. The van der Waals surface area contributed by atoms with Crippen LogP contribution in [0.4, 0.5) is 13.2 Å². The van der Waals surface area contributed by atoms with Gasteiger partial charge in [0.05, 0.1) is 15.7 Å². The van der Waals surface area contributed by atoms with Crippen LogP contribution in [-0.2, 0) is 6.18 Å². The number of carbonyl (C=O) groups is 1. The first-order valence-corrected chi connectivity index (χ1v) is 7.40. The van der Waals surface area contributed by atoms with Crippen LogP contribution in [0.15, 0.2) is 24.5 Å². The van der Waals surface area contributed by atoms with Gasteiger partial charge in [0.15, 0.2) is 11.4 Å². The number of hydrogen-bond donors (Lipinski definition) is 1. The molecule has 0 aliphatic heterocycles. The number of hydrogen-bond acceptors (Lipinski definition) is 2. The number of rotatable bonds is 4. The van der Waals surface area contributed by atoms with Gasteiger partial charge < -0.3 is 5.32 Å². The van der Waals surface area contributed by atoms with Crippen LogP contribution in [-0.4, -0.2) is 22.0 Å². The van der Waals surface area contributed by atoms with Gasteiger partial charge in [-0.3, -0.25) is 9.36 Å². The summed E-state index contributed by atoms with van der Waals surface area (Å²) < 4.78 is 41.0. The van der Waals surface area contributed by atoms with E-state index in [1.54, 1.807) is 6.92 Å². The van der Waals surface area contributed by atoms with Crippen molar-refractivity contribution in [2.75, 3.05) is 6.54 Å². The van der Waals surface area contributed by atoms with Gasteiger partial charge in [-0.1, -0.05) is 36.2 Å². The molecule has 0 aliphatic carbocycles. The second-order valence-electron chi connectivity index (χ2n) is 4.64. The van der Waals surface area contributed by atoms with Crippen molar-refractivity contribution in [3.05, 3.63) is 46.0 Å². The topological polar surface area (TPSA) is 46.9 Å². The van der Waals surface area contributed by atoms with Crippen LogP contribution in [0.3, 0.4) is 0 Å². The third-order valence-electron chi connectivity index (χ3n) is 2.97. The zero-order valence-electron chi connectivity index (χ0n) is 11.9. The molecule has 0 saturated heterocycles. The van der Waals surface area contributed by atoms with Gasteiger partial charge >= 0.3 is 6.18 Å². The van der Waals surface area contributed by atoms with Crippen molar-refractivity contribution in [3.8, 4) is 5.69 Å². The molecular formula is C14H12Cl2F3N3O. The van der Waals surface area contributed by atoms with E-state index in [0.29, 0.717) is 11.0 Å². The van der Waals surface area contributed by atoms with E-state index in [4.69, 9.17) is 23.2 Å². The lowest BCUT2D eigenvalue weighted by molar-refractivity contribution is -0.142. The van der Waals surface area contributed by atoms with Gasteiger partial charge in [-0.05, 0) is 18.6 Å². The fourth-order valence-corrected chi connectivity index (χ4v) is 2.58. The second-order valence-corrected chi connectivity index (χ2v) is 5.45. The normalized spacial score (nSPS) is 11.6. The largest absolute Gasteiger partial charge is 0.434 e. The van der Waals surface area contributed by atoms with Crippen LogP contribution in [0.25, 0.3) is 5.69 Å². The predicted molar refractivity (Wildman–Crippen MR) is 81.2 cm³/mol. The van der Waals surface area contributed by atoms with Crippen molar-refractivity contribution in [1.29, 1.82) is 0 Å². The number of carbonyl (C=O) groups excluding carboxylic acids is 1. The van der Waals surface area contributed by atoms with E-state index in [1.165, 1.54) is 18.2 Å². The molecule has 124 valence electrons. The first kappa shape index (κ1) is 17.6. The molecule has 1 aromatic carbocycles. The van der Waals surface area contributed by atoms with E-state index in [0.717, 1.165) is 6.33 Å². The van der Waals surface area contributed by atoms with Crippen molar-refractivity contribution in [3.63, 3.8) is 0 Å². The third kappa shape index (κ3) is 3.61. The van der Waals surface area contributed by atoms with Crippen molar-refractivity contribution in [2.45, 2.75) is 19.5 Å². The lowest BCUT2D eigenvalue weighted by Crippen LogP contribution is -2.27. The minimum atomic E-state index is -4.81. The summed E-state index contributed by atoms with van der Waals surface area (Å²) in [6, 6.07) is 4.31. The van der Waals surface area contributed by atoms with Gasteiger partial charge in [-0.2, -0.15) is 13.2 Å². The van der Waals surface area contributed by atoms with Crippen molar-refractivity contribution in [2.24, 2.45) is 0 Å². The van der Waals surface area contributed by atoms with Gasteiger partial charge in [-0.25, -0.2) is 4.98 Å². The van der Waals surface area contributed by atoms with Crippen molar-refractivity contribution in [1.82, 2.24) is 14.9 Å². The highest BCUT2D eigenvalue weighted by Gasteiger charge is 2.41. The molecule has 1 aromatic heterocycles. The Morgan fingerprint density at radius 2 is 1.91 bits per heavy atom. The minimum Gasteiger partial charge on any atom is -0.351 e. The Kier molecular flexibility index (Phi) is 5.21. The van der Waals surface area contributed by atoms with Crippen LogP contribution >= 0.6 is 23.2 Å². The summed E-state index contributed by atoms with van der Waals surface area (Å²) in [6.07, 6.45) is -3.33. The molecule has 2 rings (SSSR count). The van der Waals surface area contributed by atoms with Gasteiger partial charge in [-0.15, -0.1) is 0 Å². The summed E-state index contributed by atoms with van der Waals surface area (Å²) in [5.74, 6) is -0.902. The number of aromatic nitrogens is 2. The van der Waals surface area contributed by atoms with Crippen LogP contribution in [0.5, 0.6) is 0 Å². The number of alkyl halides is 3. The smallest absolute Gasteiger partial charge is 0.351 e. The SMILES string of the molecule is CCCNC(=O)c1ncn(-c2c(Cl)cccc2Cl)c1C(F)(F)F. The Morgan fingerprint density at radius 3 is 2.43 bits per heavy atom. The average Bonchev–Trinajstić information content (AvgIpc) is 2.89. The van der Waals surface area contributed by atoms with Gasteiger partial charge in [0.25, 0.3) is 5.91 Å². The fraction of sp³-hybridized carbons (Fsp3) is 0.286. The molecule has 2 aromatic rings. The number of nitrogens with zero attached hydrogens (tertiary/aromatic N) is 2. The van der Waals surface area contributed by atoms with E-state index >= 15 is 0 Å². The summed E-state index contributed by atoms with van der Waals surface area (Å²) in [4.78, 5) is 15.5. The van der Waals surface area contributed by atoms with Gasteiger partial charge in [0.1, 0.15) is 6.33 Å². The summed E-state index contributed by atoms with van der Waals surface area (Å²) in [7, 11) is 0. The number of benzene rings is 1. The average molecular weight is 366 g/mol. The standard InChI is InChI=1S/C14H12Cl2F3N3O/c1-2-6-20-13(23)10-12(14(17,18)19)22(7-21-10)11-8(15)4-3-5-9(11)16/h3-5,7H,2,6H2,1H3,(H,20,23). The van der Waals surface area contributed by atoms with Crippen LogP contribution in [0.1, 0.15) is 29.5 Å². The maximum absolute atomic E-state index is 13.4. The summed E-state index contributed by atoms with van der Waals surface area (Å²) in [6.45, 7) is 2.03. The summed E-state index contributed by atoms with van der Waals surface area (Å²) >= 11 is 11.9. The van der Waals surface area contributed by atoms with E-state index in [9.17, 15) is 18.0 Å². The summed E-state index contributed by atoms with van der Waals surface area (Å²) in [5.41, 5.74) is -2.02. The van der Waals surface area contributed by atoms with Gasteiger partial charge in [0.2, 0.25) is 0 Å². The first-order chi connectivity index (χ1) is 10.8. The molecule has 1 heterocycles. The molecule has 0 radical (unpaired) electrons. The highest BCUT2D eigenvalue weighted by atomic mass is 35.5. The highest BCUT2D eigenvalue weighted by Crippen LogP contribution is 2.37. The molecule has 1 amide bonds. The summed E-state index contributed by atoms with van der Waals surface area (Å²) in [5, 5.41) is 2.40. The van der Waals surface area contributed by atoms with Crippen molar-refractivity contribution >= 4 is 29.1 Å². The second kappa shape index (κ2) is 6.80. The lowest BCUT2D eigenvalue weighted by Gasteiger charge is -2.15. The van der Waals surface area contributed by atoms with Crippen LogP contribution in [0, 0.1) is 0 Å². The molecule has 9 heteroatoms. The van der Waals surface area contributed by atoms with E-state index < -0.39 is 23.5 Å². The number of halogens is 5. The third-order valence-corrected chi connectivity index (χ3v) is 3.58. The molecule has 0 spiro atoms. The molecule has 1 N–H and O–H groups in total. The maximum Gasteiger partial charge on any atom is 0.434 e. The molecule has 4 nitrogen and oxygen atoms in total. The van der Waals surface area contributed by atoms with Crippen molar-refractivity contribution < 1.29 is 18.0 Å². The maximum atomic E-state index is 13.4.